The largest absolute Gasteiger partial charge is 0.317 e. The molecule has 0 spiro atoms. The van der Waals surface area contributed by atoms with Crippen molar-refractivity contribution in [2.24, 2.45) is 0 Å². The van der Waals surface area contributed by atoms with E-state index in [0.717, 1.165) is 0 Å². The number of hydrogen-bond donors (Lipinski definition) is 1. The molecule has 0 rings (SSSR count). The number of unbranched alkanes of at least 4 members (excludes halogenated alkanes) is 2. The molecular weight excluding hydrogens is 146 g/mol. The van der Waals surface area contributed by atoms with Crippen molar-refractivity contribution in [1.82, 2.24) is 5.32 Å². The number of rotatable bonds is 6. The van der Waals surface area contributed by atoms with Crippen LogP contribution in [0.25, 0.3) is 0 Å². The van der Waals surface area contributed by atoms with Crippen LogP contribution in [0.5, 0.6) is 0 Å². The molecule has 1 N–H and O–H groups in total. The molecule has 0 amide bonds. The Bertz CT molecular complexity index is 42.5. The summed E-state index contributed by atoms with van der Waals surface area (Å²) in [5.74, 6) is 0. The smallest absolute Gasteiger partial charge is 0.00489 e. The van der Waals surface area contributed by atoms with E-state index >= 15 is 0 Å². The normalized spacial score (nSPS) is 9.00. The maximum absolute atomic E-state index is 3.37. The van der Waals surface area contributed by atoms with Crippen LogP contribution in [0.1, 0.15) is 39.5 Å². The van der Waals surface area contributed by atoms with E-state index in [1.807, 2.05) is 0 Å². The van der Waals surface area contributed by atoms with Gasteiger partial charge < -0.3 is 5.32 Å². The fraction of sp³-hybridized carbons (Fsp3) is 1.00. The lowest BCUT2D eigenvalue weighted by molar-refractivity contribution is 0.611. The predicted molar refractivity (Wildman–Crippen MR) is 49.9 cm³/mol. The Morgan fingerprint density at radius 2 is 1.60 bits per heavy atom. The summed E-state index contributed by atoms with van der Waals surface area (Å²) in [6.45, 7) is 6.83. The molecule has 0 aromatic rings. The van der Waals surface area contributed by atoms with E-state index in [1.165, 1.54) is 38.8 Å². The van der Waals surface area contributed by atoms with Gasteiger partial charge in [0.1, 0.15) is 0 Å². The van der Waals surface area contributed by atoms with Crippen LogP contribution in [-0.4, -0.2) is 13.1 Å². The van der Waals surface area contributed by atoms with Gasteiger partial charge in [-0.3, -0.25) is 0 Å². The van der Waals surface area contributed by atoms with Crippen LogP contribution in [0.4, 0.5) is 0 Å². The average molecular weight is 166 g/mol. The van der Waals surface area contributed by atoms with E-state index in [1.54, 1.807) is 0 Å². The predicted octanol–water partition coefficient (Wildman–Crippen LogP) is 2.60. The van der Waals surface area contributed by atoms with Crippen LogP contribution in [0.15, 0.2) is 0 Å². The van der Waals surface area contributed by atoms with Crippen LogP contribution in [0.3, 0.4) is 0 Å². The fourth-order valence-corrected chi connectivity index (χ4v) is 0.802. The van der Waals surface area contributed by atoms with Crippen molar-refractivity contribution in [3.8, 4) is 0 Å². The van der Waals surface area contributed by atoms with Crippen LogP contribution in [0, 0.1) is 0 Å². The Balaban J connectivity index is 0. The van der Waals surface area contributed by atoms with Gasteiger partial charge in [0, 0.05) is 0 Å². The van der Waals surface area contributed by atoms with Gasteiger partial charge >= 0.3 is 0 Å². The van der Waals surface area contributed by atoms with Crippen molar-refractivity contribution in [1.29, 1.82) is 0 Å². The summed E-state index contributed by atoms with van der Waals surface area (Å²) in [6, 6.07) is 0. The lowest BCUT2D eigenvalue weighted by atomic mass is 10.2. The average Bonchev–Trinajstić information content (AvgIpc) is 1.89. The zero-order chi connectivity index (χ0) is 6.95. The second kappa shape index (κ2) is 12.0. The van der Waals surface area contributed by atoms with E-state index in [-0.39, 0.29) is 12.4 Å². The molecule has 2 heteroatoms. The van der Waals surface area contributed by atoms with Crippen molar-refractivity contribution in [2.45, 2.75) is 39.5 Å². The van der Waals surface area contributed by atoms with Crippen LogP contribution < -0.4 is 5.32 Å². The Kier molecular flexibility index (Phi) is 15.4. The second-order valence-electron chi connectivity index (χ2n) is 2.46. The first kappa shape index (κ1) is 12.9. The molecule has 0 atom stereocenters. The quantitative estimate of drug-likeness (QED) is 0.597. The Morgan fingerprint density at radius 1 is 0.900 bits per heavy atom. The van der Waals surface area contributed by atoms with Crippen LogP contribution >= 0.6 is 12.4 Å². The van der Waals surface area contributed by atoms with Crippen LogP contribution in [-0.2, 0) is 0 Å². The second-order valence-corrected chi connectivity index (χ2v) is 2.46. The zero-order valence-electron chi connectivity index (χ0n) is 7.15. The Morgan fingerprint density at radius 3 is 2.10 bits per heavy atom. The van der Waals surface area contributed by atoms with Gasteiger partial charge in [-0.1, -0.05) is 26.7 Å². The monoisotopic (exact) mass is 165 g/mol. The molecule has 0 heterocycles. The van der Waals surface area contributed by atoms with Crippen molar-refractivity contribution in [2.75, 3.05) is 13.1 Å². The first-order chi connectivity index (χ1) is 4.41. The first-order valence-corrected chi connectivity index (χ1v) is 4.12. The minimum Gasteiger partial charge on any atom is -0.317 e. The molecule has 0 bridgehead atoms. The third-order valence-corrected chi connectivity index (χ3v) is 1.38. The molecule has 0 aromatic carbocycles. The van der Waals surface area contributed by atoms with Gasteiger partial charge in [-0.2, -0.15) is 0 Å². The highest BCUT2D eigenvalue weighted by Gasteiger charge is 1.83. The van der Waals surface area contributed by atoms with Crippen molar-refractivity contribution < 1.29 is 0 Å². The Labute approximate surface area is 71.0 Å². The van der Waals surface area contributed by atoms with Gasteiger partial charge in [-0.25, -0.2) is 0 Å². The third-order valence-electron chi connectivity index (χ3n) is 1.38. The first-order valence-electron chi connectivity index (χ1n) is 4.12. The summed E-state index contributed by atoms with van der Waals surface area (Å²) in [4.78, 5) is 0. The number of nitrogens with one attached hydrogen (secondary N) is 1. The van der Waals surface area contributed by atoms with E-state index in [4.69, 9.17) is 0 Å². The molecule has 0 saturated heterocycles. The van der Waals surface area contributed by atoms with E-state index < -0.39 is 0 Å². The SMILES string of the molecule is CCCCCNCCC.Cl. The Hall–Kier alpha value is 0.250. The topological polar surface area (TPSA) is 12.0 Å². The highest BCUT2D eigenvalue weighted by atomic mass is 35.5. The minimum atomic E-state index is 0. The number of hydrogen-bond acceptors (Lipinski definition) is 1. The maximum atomic E-state index is 3.37. The van der Waals surface area contributed by atoms with E-state index in [9.17, 15) is 0 Å². The summed E-state index contributed by atoms with van der Waals surface area (Å²) < 4.78 is 0. The molecule has 0 unspecified atom stereocenters. The van der Waals surface area contributed by atoms with Gasteiger partial charge in [0.2, 0.25) is 0 Å². The summed E-state index contributed by atoms with van der Waals surface area (Å²) in [5.41, 5.74) is 0. The van der Waals surface area contributed by atoms with Gasteiger partial charge in [0.15, 0.2) is 0 Å². The highest BCUT2D eigenvalue weighted by molar-refractivity contribution is 5.85. The standard InChI is InChI=1S/C8H19N.ClH/c1-3-5-6-8-9-7-4-2;/h9H,3-8H2,1-2H3;1H. The lowest BCUT2D eigenvalue weighted by Gasteiger charge is -1.99. The van der Waals surface area contributed by atoms with Crippen molar-refractivity contribution in [3.05, 3.63) is 0 Å². The summed E-state index contributed by atoms with van der Waals surface area (Å²) >= 11 is 0. The molecule has 0 saturated carbocycles. The summed E-state index contributed by atoms with van der Waals surface area (Å²) in [6.07, 6.45) is 5.30. The zero-order valence-corrected chi connectivity index (χ0v) is 7.97. The molecule has 0 radical (unpaired) electrons. The van der Waals surface area contributed by atoms with E-state index in [2.05, 4.69) is 19.2 Å². The molecule has 0 aliphatic heterocycles. The summed E-state index contributed by atoms with van der Waals surface area (Å²) in [7, 11) is 0. The van der Waals surface area contributed by atoms with Crippen molar-refractivity contribution in [3.63, 3.8) is 0 Å². The van der Waals surface area contributed by atoms with E-state index in [0.29, 0.717) is 0 Å². The van der Waals surface area contributed by atoms with Gasteiger partial charge in [-0.15, -0.1) is 12.4 Å². The van der Waals surface area contributed by atoms with Gasteiger partial charge in [-0.05, 0) is 25.9 Å². The fourth-order valence-electron chi connectivity index (χ4n) is 0.802. The third kappa shape index (κ3) is 11.1. The minimum absolute atomic E-state index is 0. The molecule has 0 aliphatic rings. The van der Waals surface area contributed by atoms with Crippen LogP contribution in [0.2, 0.25) is 0 Å². The summed E-state index contributed by atoms with van der Waals surface area (Å²) in [5, 5.41) is 3.37. The lowest BCUT2D eigenvalue weighted by Crippen LogP contribution is -2.15. The molecular formula is C8H20ClN. The molecule has 10 heavy (non-hydrogen) atoms. The van der Waals surface area contributed by atoms with Crippen molar-refractivity contribution >= 4 is 12.4 Å². The maximum Gasteiger partial charge on any atom is -0.00489 e. The molecule has 1 nitrogen and oxygen atoms in total. The molecule has 0 aliphatic carbocycles. The molecule has 64 valence electrons. The molecule has 0 fully saturated rings. The molecule has 0 aromatic heterocycles. The van der Waals surface area contributed by atoms with Gasteiger partial charge in [0.05, 0.1) is 0 Å². The number of halogens is 1. The highest BCUT2D eigenvalue weighted by Crippen LogP contribution is 1.90. The van der Waals surface area contributed by atoms with Gasteiger partial charge in [0.25, 0.3) is 0 Å².